The van der Waals surface area contributed by atoms with Crippen LogP contribution in [0, 0.1) is 0 Å². The van der Waals surface area contributed by atoms with Crippen molar-refractivity contribution in [2.24, 2.45) is 0 Å². The maximum Gasteiger partial charge on any atom is 0.160 e. The molecule has 0 amide bonds. The van der Waals surface area contributed by atoms with Crippen LogP contribution in [0.4, 0.5) is 0 Å². The summed E-state index contributed by atoms with van der Waals surface area (Å²) in [6.45, 7) is 0. The molecule has 4 heterocycles. The summed E-state index contributed by atoms with van der Waals surface area (Å²) in [5.41, 5.74) is 10.9. The first kappa shape index (κ1) is 21.7. The fraction of sp³-hybridized carbons (Fsp3) is 0. The molecule has 12 rings (SSSR count). The number of fused-ring (bicyclic) bond motifs is 8. The Balaban J connectivity index is 1.39. The van der Waals surface area contributed by atoms with Crippen LogP contribution in [-0.4, -0.2) is 4.57 Å². The van der Waals surface area contributed by atoms with Gasteiger partial charge in [0.25, 0.3) is 0 Å². The van der Waals surface area contributed by atoms with Gasteiger partial charge in [-0.3, -0.25) is 0 Å². The lowest BCUT2D eigenvalue weighted by molar-refractivity contribution is 0.668. The van der Waals surface area contributed by atoms with E-state index in [1.807, 2.05) is 6.07 Å². The summed E-state index contributed by atoms with van der Waals surface area (Å²) in [5, 5.41) is 11.5. The van der Waals surface area contributed by atoms with Gasteiger partial charge in [-0.15, -0.1) is 0 Å². The van der Waals surface area contributed by atoms with Gasteiger partial charge in [0.2, 0.25) is 0 Å². The third kappa shape index (κ3) is 2.32. The average molecular weight is 562 g/mol. The van der Waals surface area contributed by atoms with E-state index in [0.717, 1.165) is 93.3 Å². The molecule has 0 aliphatic heterocycles. The molecule has 0 unspecified atom stereocenters. The molecule has 0 radical (unpaired) electrons. The molecule has 0 atom stereocenters. The van der Waals surface area contributed by atoms with E-state index in [-0.39, 0.29) is 0 Å². The highest BCUT2D eigenvalue weighted by Crippen LogP contribution is 2.52. The zero-order valence-electron chi connectivity index (χ0n) is 23.1. The summed E-state index contributed by atoms with van der Waals surface area (Å²) in [4.78, 5) is 0. The standard InChI is InChI=1S/C40H19NO3/c1-3-11-27-20(7-1)24-15-16-25-21-8-2-4-12-29(21)44-40(25)39(24)41(27)28-19-33-38-35-23(10-6-14-31(35)43-33)22-9-5-13-30-34(22)37-32(42-30)18-17-26(28)36(37)38/h1-19H. The highest BCUT2D eigenvalue weighted by molar-refractivity contribution is 6.38. The van der Waals surface area contributed by atoms with Crippen LogP contribution in [0.5, 0.6) is 0 Å². The second kappa shape index (κ2) is 7.13. The maximum absolute atomic E-state index is 6.72. The van der Waals surface area contributed by atoms with Gasteiger partial charge >= 0.3 is 0 Å². The molecular weight excluding hydrogens is 542 g/mol. The predicted molar refractivity (Wildman–Crippen MR) is 179 cm³/mol. The summed E-state index contributed by atoms with van der Waals surface area (Å²) < 4.78 is 22.3. The molecule has 7 aromatic carbocycles. The molecule has 0 fully saturated rings. The minimum absolute atomic E-state index is 0.868. The number of benzene rings is 7. The quantitative estimate of drug-likeness (QED) is 0.200. The summed E-state index contributed by atoms with van der Waals surface area (Å²) >= 11 is 0. The molecule has 0 N–H and O–H groups in total. The Labute approximate surface area is 247 Å². The van der Waals surface area contributed by atoms with Gasteiger partial charge in [-0.25, -0.2) is 0 Å². The Kier molecular flexibility index (Phi) is 3.51. The zero-order valence-corrected chi connectivity index (χ0v) is 23.1. The van der Waals surface area contributed by atoms with Crippen molar-refractivity contribution in [3.05, 3.63) is 115 Å². The molecule has 4 nitrogen and oxygen atoms in total. The van der Waals surface area contributed by atoms with Crippen LogP contribution in [0.1, 0.15) is 0 Å². The third-order valence-corrected chi connectivity index (χ3v) is 9.91. The minimum atomic E-state index is 0.868. The van der Waals surface area contributed by atoms with Gasteiger partial charge in [0, 0.05) is 59.9 Å². The fourth-order valence-electron chi connectivity index (χ4n) is 8.22. The van der Waals surface area contributed by atoms with Crippen molar-refractivity contribution in [2.75, 3.05) is 0 Å². The first-order valence-electron chi connectivity index (χ1n) is 14.9. The second-order valence-electron chi connectivity index (χ2n) is 12.0. The van der Waals surface area contributed by atoms with E-state index >= 15 is 0 Å². The van der Waals surface area contributed by atoms with Crippen LogP contribution >= 0.6 is 0 Å². The summed E-state index contributed by atoms with van der Waals surface area (Å²) in [7, 11) is 0. The lowest BCUT2D eigenvalue weighted by Gasteiger charge is -2.13. The van der Waals surface area contributed by atoms with Gasteiger partial charge in [-0.05, 0) is 53.6 Å². The monoisotopic (exact) mass is 561 g/mol. The number of nitrogens with zero attached hydrogens (tertiary/aromatic N) is 1. The van der Waals surface area contributed by atoms with Crippen molar-refractivity contribution in [3.63, 3.8) is 0 Å². The van der Waals surface area contributed by atoms with E-state index in [1.165, 1.54) is 21.9 Å². The Hall–Kier alpha value is -6.00. The van der Waals surface area contributed by atoms with Crippen LogP contribution in [0.3, 0.4) is 0 Å². The Morgan fingerprint density at radius 3 is 1.86 bits per heavy atom. The van der Waals surface area contributed by atoms with Crippen molar-refractivity contribution in [3.8, 4) is 16.8 Å². The largest absolute Gasteiger partial charge is 0.456 e. The van der Waals surface area contributed by atoms with Crippen LogP contribution in [0.2, 0.25) is 0 Å². The van der Waals surface area contributed by atoms with Gasteiger partial charge in [-0.2, -0.15) is 0 Å². The van der Waals surface area contributed by atoms with Crippen molar-refractivity contribution < 1.29 is 13.3 Å². The molecule has 4 aromatic heterocycles. The van der Waals surface area contributed by atoms with Crippen molar-refractivity contribution >= 4 is 98.4 Å². The highest BCUT2D eigenvalue weighted by atomic mass is 16.3. The van der Waals surface area contributed by atoms with Crippen molar-refractivity contribution in [1.82, 2.24) is 4.57 Å². The molecule has 0 spiro atoms. The van der Waals surface area contributed by atoms with Crippen molar-refractivity contribution in [2.45, 2.75) is 0 Å². The number of hydrogen-bond acceptors (Lipinski definition) is 3. The Morgan fingerprint density at radius 1 is 0.386 bits per heavy atom. The molecule has 0 saturated carbocycles. The first-order valence-corrected chi connectivity index (χ1v) is 14.9. The molecule has 11 aromatic rings. The summed E-state index contributed by atoms with van der Waals surface area (Å²) in [6, 6.07) is 40.7. The zero-order chi connectivity index (χ0) is 28.3. The molecular formula is C40H19NO3. The number of hydrogen-bond donors (Lipinski definition) is 0. The number of para-hydroxylation sites is 2. The number of rotatable bonds is 1. The minimum Gasteiger partial charge on any atom is -0.456 e. The molecule has 202 valence electrons. The van der Waals surface area contributed by atoms with Gasteiger partial charge in [0.05, 0.1) is 16.7 Å². The molecule has 4 heteroatoms. The number of furan rings is 3. The lowest BCUT2D eigenvalue weighted by atomic mass is 9.98. The van der Waals surface area contributed by atoms with E-state index in [4.69, 9.17) is 13.3 Å². The van der Waals surface area contributed by atoms with Crippen LogP contribution in [-0.2, 0) is 0 Å². The summed E-state index contributed by atoms with van der Waals surface area (Å²) in [5.74, 6) is 0. The fourth-order valence-corrected chi connectivity index (χ4v) is 8.22. The predicted octanol–water partition coefficient (Wildman–Crippen LogP) is 11.6. The molecule has 1 aliphatic carbocycles. The van der Waals surface area contributed by atoms with Gasteiger partial charge < -0.3 is 17.8 Å². The summed E-state index contributed by atoms with van der Waals surface area (Å²) in [6.07, 6.45) is 0. The second-order valence-corrected chi connectivity index (χ2v) is 12.0. The maximum atomic E-state index is 6.72. The third-order valence-electron chi connectivity index (χ3n) is 9.91. The molecule has 0 saturated heterocycles. The van der Waals surface area contributed by atoms with Crippen LogP contribution in [0.15, 0.2) is 129 Å². The van der Waals surface area contributed by atoms with E-state index in [9.17, 15) is 0 Å². The van der Waals surface area contributed by atoms with Crippen LogP contribution in [0.25, 0.3) is 115 Å². The number of aromatic nitrogens is 1. The molecule has 44 heavy (non-hydrogen) atoms. The average Bonchev–Trinajstić information content (AvgIpc) is 3.80. The SMILES string of the molecule is c1ccc2c(c1)oc1c2ccc2c3ccccc3n(-c3cc4oc5cccc6c5c4c4c3ccc3oc5cccc-6c5c34)c21. The molecule has 0 bridgehead atoms. The van der Waals surface area contributed by atoms with Crippen molar-refractivity contribution in [1.29, 1.82) is 0 Å². The van der Waals surface area contributed by atoms with E-state index in [0.29, 0.717) is 0 Å². The smallest absolute Gasteiger partial charge is 0.160 e. The van der Waals surface area contributed by atoms with E-state index in [2.05, 4.69) is 114 Å². The highest BCUT2D eigenvalue weighted by Gasteiger charge is 2.28. The molecule has 1 aliphatic rings. The Morgan fingerprint density at radius 2 is 1.02 bits per heavy atom. The lowest BCUT2D eigenvalue weighted by Crippen LogP contribution is -1.96. The topological polar surface area (TPSA) is 44.4 Å². The Bertz CT molecular complexity index is 3080. The van der Waals surface area contributed by atoms with Gasteiger partial charge in [-0.1, -0.05) is 66.7 Å². The first-order chi connectivity index (χ1) is 21.8. The van der Waals surface area contributed by atoms with E-state index < -0.39 is 0 Å². The van der Waals surface area contributed by atoms with E-state index in [1.54, 1.807) is 0 Å². The van der Waals surface area contributed by atoms with Gasteiger partial charge in [0.1, 0.15) is 27.9 Å². The van der Waals surface area contributed by atoms with Crippen LogP contribution < -0.4 is 0 Å². The van der Waals surface area contributed by atoms with Gasteiger partial charge in [0.15, 0.2) is 5.58 Å². The normalized spacial score (nSPS) is 13.0.